The van der Waals surface area contributed by atoms with E-state index >= 15 is 0 Å². The summed E-state index contributed by atoms with van der Waals surface area (Å²) in [7, 11) is 0. The quantitative estimate of drug-likeness (QED) is 0.591. The van der Waals surface area contributed by atoms with Crippen molar-refractivity contribution in [2.24, 2.45) is 0 Å². The molecule has 1 aromatic rings. The average molecular weight is 165 g/mol. The van der Waals surface area contributed by atoms with Crippen LogP contribution in [-0.4, -0.2) is 10.2 Å². The van der Waals surface area contributed by atoms with E-state index < -0.39 is 0 Å². The highest BCUT2D eigenvalue weighted by atomic mass is 35.5. The van der Waals surface area contributed by atoms with Crippen LogP contribution in [-0.2, 0) is 5.88 Å². The third-order valence-electron chi connectivity index (χ3n) is 0.764. The van der Waals surface area contributed by atoms with Crippen molar-refractivity contribution in [3.05, 3.63) is 24.0 Å². The van der Waals surface area contributed by atoms with E-state index in [1.54, 1.807) is 6.20 Å². The molecule has 0 amide bonds. The van der Waals surface area contributed by atoms with E-state index in [9.17, 15) is 0 Å². The summed E-state index contributed by atoms with van der Waals surface area (Å²) >= 11 is 5.42. The van der Waals surface area contributed by atoms with Gasteiger partial charge in [-0.1, -0.05) is 0 Å². The Morgan fingerprint density at radius 3 is 2.67 bits per heavy atom. The zero-order valence-corrected chi connectivity index (χ0v) is 6.19. The summed E-state index contributed by atoms with van der Waals surface area (Å²) in [5, 5.41) is 7.34. The topological polar surface area (TPSA) is 25.8 Å². The van der Waals surface area contributed by atoms with Crippen molar-refractivity contribution >= 4 is 24.0 Å². The predicted octanol–water partition coefficient (Wildman–Crippen LogP) is 1.64. The van der Waals surface area contributed by atoms with Crippen LogP contribution in [0.5, 0.6) is 0 Å². The molecule has 9 heavy (non-hydrogen) atoms. The van der Waals surface area contributed by atoms with Gasteiger partial charge in [-0.25, -0.2) is 0 Å². The van der Waals surface area contributed by atoms with Gasteiger partial charge in [0, 0.05) is 6.20 Å². The average Bonchev–Trinajstić information content (AvgIpc) is 1.90. The summed E-state index contributed by atoms with van der Waals surface area (Å²) in [6, 6.07) is 3.64. The van der Waals surface area contributed by atoms with E-state index in [1.807, 2.05) is 12.1 Å². The fourth-order valence-electron chi connectivity index (χ4n) is 0.405. The van der Waals surface area contributed by atoms with Crippen LogP contribution in [0.3, 0.4) is 0 Å². The summed E-state index contributed by atoms with van der Waals surface area (Å²) in [6.07, 6.45) is 1.62. The number of hydrogen-bond donors (Lipinski definition) is 0. The lowest BCUT2D eigenvalue weighted by Gasteiger charge is -1.85. The van der Waals surface area contributed by atoms with Crippen molar-refractivity contribution < 1.29 is 0 Å². The highest BCUT2D eigenvalue weighted by Crippen LogP contribution is 1.93. The van der Waals surface area contributed by atoms with Gasteiger partial charge in [0.2, 0.25) is 0 Å². The molecule has 0 aliphatic carbocycles. The second kappa shape index (κ2) is 4.53. The molecule has 1 aromatic heterocycles. The molecule has 0 radical (unpaired) electrons. The molecule has 50 valence electrons. The van der Waals surface area contributed by atoms with Gasteiger partial charge in [-0.2, -0.15) is 10.2 Å². The predicted molar refractivity (Wildman–Crippen MR) is 38.8 cm³/mol. The Labute approximate surface area is 64.7 Å². The smallest absolute Gasteiger partial charge is 0.0778 e. The molecule has 1 rings (SSSR count). The Morgan fingerprint density at radius 1 is 1.56 bits per heavy atom. The van der Waals surface area contributed by atoms with Crippen LogP contribution in [0, 0.1) is 0 Å². The third kappa shape index (κ3) is 2.63. The minimum atomic E-state index is 0. The van der Waals surface area contributed by atoms with Crippen LogP contribution >= 0.6 is 24.0 Å². The van der Waals surface area contributed by atoms with Crippen LogP contribution in [0.2, 0.25) is 0 Å². The van der Waals surface area contributed by atoms with E-state index in [2.05, 4.69) is 10.2 Å². The van der Waals surface area contributed by atoms with E-state index in [-0.39, 0.29) is 12.4 Å². The summed E-state index contributed by atoms with van der Waals surface area (Å²) in [5.41, 5.74) is 0.814. The molecule has 0 atom stereocenters. The first-order valence-corrected chi connectivity index (χ1v) is 2.79. The monoisotopic (exact) mass is 164 g/mol. The van der Waals surface area contributed by atoms with E-state index in [4.69, 9.17) is 11.6 Å². The lowest BCUT2D eigenvalue weighted by molar-refractivity contribution is 0.969. The zero-order chi connectivity index (χ0) is 5.82. The minimum Gasteiger partial charge on any atom is -0.159 e. The second-order valence-electron chi connectivity index (χ2n) is 1.35. The molecule has 2 nitrogen and oxygen atoms in total. The van der Waals surface area contributed by atoms with Gasteiger partial charge in [0.1, 0.15) is 0 Å². The van der Waals surface area contributed by atoms with E-state index in [0.29, 0.717) is 5.88 Å². The van der Waals surface area contributed by atoms with Crippen LogP contribution in [0.1, 0.15) is 5.69 Å². The van der Waals surface area contributed by atoms with E-state index in [0.717, 1.165) is 5.69 Å². The van der Waals surface area contributed by atoms with Gasteiger partial charge in [0.25, 0.3) is 0 Å². The summed E-state index contributed by atoms with van der Waals surface area (Å²) in [4.78, 5) is 0. The standard InChI is InChI=1S/C5H5ClN2.ClH/c6-4-5-2-1-3-7-8-5;/h1-3H,4H2;1H. The van der Waals surface area contributed by atoms with Gasteiger partial charge in [-0.3, -0.25) is 0 Å². The van der Waals surface area contributed by atoms with Gasteiger partial charge < -0.3 is 0 Å². The maximum absolute atomic E-state index is 5.42. The second-order valence-corrected chi connectivity index (χ2v) is 1.62. The molecule has 0 aliphatic heterocycles. The van der Waals surface area contributed by atoms with E-state index in [1.165, 1.54) is 0 Å². The van der Waals surface area contributed by atoms with Gasteiger partial charge in [-0.05, 0) is 12.1 Å². The molecular weight excluding hydrogens is 159 g/mol. The maximum atomic E-state index is 5.42. The Balaban J connectivity index is 0.000000640. The molecule has 0 aromatic carbocycles. The van der Waals surface area contributed by atoms with Gasteiger partial charge in [-0.15, -0.1) is 24.0 Å². The minimum absolute atomic E-state index is 0. The van der Waals surface area contributed by atoms with Crippen molar-refractivity contribution in [2.75, 3.05) is 0 Å². The number of hydrogen-bond acceptors (Lipinski definition) is 2. The normalized spacial score (nSPS) is 8.11. The van der Waals surface area contributed by atoms with Crippen LogP contribution in [0.4, 0.5) is 0 Å². The fraction of sp³-hybridized carbons (Fsp3) is 0.200. The van der Waals surface area contributed by atoms with Crippen molar-refractivity contribution in [3.63, 3.8) is 0 Å². The van der Waals surface area contributed by atoms with Gasteiger partial charge in [0.15, 0.2) is 0 Å². The van der Waals surface area contributed by atoms with Crippen molar-refractivity contribution in [3.8, 4) is 0 Å². The van der Waals surface area contributed by atoms with Crippen LogP contribution in [0.25, 0.3) is 0 Å². The summed E-state index contributed by atoms with van der Waals surface area (Å²) < 4.78 is 0. The molecule has 0 spiro atoms. The molecule has 0 saturated heterocycles. The molecule has 4 heteroatoms. The number of aromatic nitrogens is 2. The number of rotatable bonds is 1. The maximum Gasteiger partial charge on any atom is 0.0778 e. The lowest BCUT2D eigenvalue weighted by atomic mass is 10.4. The largest absolute Gasteiger partial charge is 0.159 e. The Bertz CT molecular complexity index is 154. The lowest BCUT2D eigenvalue weighted by Crippen LogP contribution is -1.84. The molecule has 1 heterocycles. The molecule has 0 unspecified atom stereocenters. The summed E-state index contributed by atoms with van der Waals surface area (Å²) in [5.74, 6) is 0.438. The first-order valence-electron chi connectivity index (χ1n) is 2.26. The van der Waals surface area contributed by atoms with Crippen LogP contribution in [0.15, 0.2) is 18.3 Å². The highest BCUT2D eigenvalue weighted by Gasteiger charge is 1.84. The molecule has 0 N–H and O–H groups in total. The van der Waals surface area contributed by atoms with Gasteiger partial charge >= 0.3 is 0 Å². The van der Waals surface area contributed by atoms with Crippen LogP contribution < -0.4 is 0 Å². The van der Waals surface area contributed by atoms with Crippen molar-refractivity contribution in [1.82, 2.24) is 10.2 Å². The molecule has 0 bridgehead atoms. The molecule has 0 saturated carbocycles. The van der Waals surface area contributed by atoms with Crippen molar-refractivity contribution in [2.45, 2.75) is 5.88 Å². The third-order valence-corrected chi connectivity index (χ3v) is 1.04. The van der Waals surface area contributed by atoms with Gasteiger partial charge in [0.05, 0.1) is 11.6 Å². The Morgan fingerprint density at radius 2 is 2.33 bits per heavy atom. The molecule has 0 fully saturated rings. The fourth-order valence-corrected chi connectivity index (χ4v) is 0.547. The van der Waals surface area contributed by atoms with Crippen molar-refractivity contribution in [1.29, 1.82) is 0 Å². The first-order chi connectivity index (χ1) is 3.93. The Hall–Kier alpha value is -0.340. The number of nitrogens with zero attached hydrogens (tertiary/aromatic N) is 2. The Kier molecular flexibility index (Phi) is 4.36. The summed E-state index contributed by atoms with van der Waals surface area (Å²) in [6.45, 7) is 0. The number of alkyl halides is 1. The highest BCUT2D eigenvalue weighted by molar-refractivity contribution is 6.16. The number of halogens is 2. The first kappa shape index (κ1) is 8.66. The zero-order valence-electron chi connectivity index (χ0n) is 4.62. The molecule has 0 aliphatic rings. The molecular formula is C5H6Cl2N2. The SMILES string of the molecule is Cl.ClCc1cccnn1.